The molecule has 0 saturated heterocycles. The van der Waals surface area contributed by atoms with Gasteiger partial charge in [-0.1, -0.05) is 26.0 Å². The van der Waals surface area contributed by atoms with Crippen molar-refractivity contribution in [3.05, 3.63) is 35.6 Å². The fraction of sp³-hybridized carbons (Fsp3) is 0.533. The van der Waals surface area contributed by atoms with Gasteiger partial charge in [-0.05, 0) is 43.0 Å². The molecule has 0 saturated carbocycles. The summed E-state index contributed by atoms with van der Waals surface area (Å²) >= 11 is 0. The van der Waals surface area contributed by atoms with Crippen LogP contribution in [0.25, 0.3) is 0 Å². The molecule has 19 heavy (non-hydrogen) atoms. The van der Waals surface area contributed by atoms with Gasteiger partial charge in [-0.15, -0.1) is 0 Å². The van der Waals surface area contributed by atoms with Crippen LogP contribution >= 0.6 is 0 Å². The summed E-state index contributed by atoms with van der Waals surface area (Å²) in [5.74, 6) is 0.419. The molecular formula is C15H23FN2O. The molecule has 0 aliphatic heterocycles. The Morgan fingerprint density at radius 1 is 1.21 bits per heavy atom. The van der Waals surface area contributed by atoms with E-state index in [2.05, 4.69) is 24.5 Å². The maximum atomic E-state index is 12.7. The Morgan fingerprint density at radius 3 is 2.53 bits per heavy atom. The second-order valence-electron chi connectivity index (χ2n) is 5.09. The van der Waals surface area contributed by atoms with E-state index in [0.29, 0.717) is 19.0 Å². The van der Waals surface area contributed by atoms with E-state index in [1.165, 1.54) is 12.1 Å². The van der Waals surface area contributed by atoms with E-state index in [4.69, 9.17) is 0 Å². The van der Waals surface area contributed by atoms with Gasteiger partial charge in [-0.3, -0.25) is 4.79 Å². The van der Waals surface area contributed by atoms with Crippen LogP contribution in [0.3, 0.4) is 0 Å². The number of amides is 1. The van der Waals surface area contributed by atoms with Crippen molar-refractivity contribution in [2.75, 3.05) is 19.6 Å². The zero-order valence-corrected chi connectivity index (χ0v) is 11.7. The average molecular weight is 266 g/mol. The molecule has 0 spiro atoms. The Hall–Kier alpha value is -1.42. The SMILES string of the molecule is CC(C)CCNCC(=O)NCCc1ccc(F)cc1. The standard InChI is InChI=1S/C15H23FN2O/c1-12(2)7-9-17-11-15(19)18-10-8-13-3-5-14(16)6-4-13/h3-6,12,17H,7-11H2,1-2H3,(H,18,19). The number of halogens is 1. The van der Waals surface area contributed by atoms with E-state index >= 15 is 0 Å². The number of hydrogen-bond donors (Lipinski definition) is 2. The molecule has 2 N–H and O–H groups in total. The number of carbonyl (C=O) groups is 1. The molecule has 0 heterocycles. The molecule has 1 rings (SSSR count). The van der Waals surface area contributed by atoms with Gasteiger partial charge in [0.05, 0.1) is 6.54 Å². The predicted octanol–water partition coefficient (Wildman–Crippen LogP) is 2.12. The van der Waals surface area contributed by atoms with Crippen LogP contribution in [0.4, 0.5) is 4.39 Å². The molecule has 1 aromatic carbocycles. The minimum atomic E-state index is -0.234. The predicted molar refractivity (Wildman–Crippen MR) is 75.4 cm³/mol. The van der Waals surface area contributed by atoms with Crippen molar-refractivity contribution in [1.82, 2.24) is 10.6 Å². The lowest BCUT2D eigenvalue weighted by molar-refractivity contribution is -0.120. The molecule has 0 fully saturated rings. The summed E-state index contributed by atoms with van der Waals surface area (Å²) in [5, 5.41) is 5.95. The van der Waals surface area contributed by atoms with Gasteiger partial charge >= 0.3 is 0 Å². The molecule has 3 nitrogen and oxygen atoms in total. The molecule has 0 unspecified atom stereocenters. The van der Waals surface area contributed by atoms with Crippen LogP contribution in [0.1, 0.15) is 25.8 Å². The van der Waals surface area contributed by atoms with Gasteiger partial charge in [-0.2, -0.15) is 0 Å². The topological polar surface area (TPSA) is 41.1 Å². The summed E-state index contributed by atoms with van der Waals surface area (Å²) in [5.41, 5.74) is 1.02. The molecule has 0 aromatic heterocycles. The van der Waals surface area contributed by atoms with E-state index in [1.807, 2.05) is 0 Å². The molecule has 0 bridgehead atoms. The highest BCUT2D eigenvalue weighted by Crippen LogP contribution is 2.02. The number of rotatable bonds is 8. The lowest BCUT2D eigenvalue weighted by atomic mass is 10.1. The number of nitrogens with one attached hydrogen (secondary N) is 2. The molecule has 0 aliphatic rings. The van der Waals surface area contributed by atoms with Crippen molar-refractivity contribution >= 4 is 5.91 Å². The zero-order chi connectivity index (χ0) is 14.1. The number of hydrogen-bond acceptors (Lipinski definition) is 2. The summed E-state index contributed by atoms with van der Waals surface area (Å²) in [6, 6.07) is 6.35. The van der Waals surface area contributed by atoms with Crippen molar-refractivity contribution < 1.29 is 9.18 Å². The first-order chi connectivity index (χ1) is 9.08. The summed E-state index contributed by atoms with van der Waals surface area (Å²) in [4.78, 5) is 11.5. The summed E-state index contributed by atoms with van der Waals surface area (Å²) in [6.45, 7) is 6.12. The maximum absolute atomic E-state index is 12.7. The molecule has 106 valence electrons. The van der Waals surface area contributed by atoms with Crippen LogP contribution in [0.5, 0.6) is 0 Å². The Balaban J connectivity index is 2.08. The van der Waals surface area contributed by atoms with Gasteiger partial charge in [0.15, 0.2) is 0 Å². The number of benzene rings is 1. The van der Waals surface area contributed by atoms with Gasteiger partial charge in [-0.25, -0.2) is 4.39 Å². The molecule has 0 aliphatic carbocycles. The van der Waals surface area contributed by atoms with Crippen molar-refractivity contribution in [3.63, 3.8) is 0 Å². The van der Waals surface area contributed by atoms with Gasteiger partial charge < -0.3 is 10.6 Å². The molecule has 4 heteroatoms. The van der Waals surface area contributed by atoms with Crippen LogP contribution in [0, 0.1) is 11.7 Å². The van der Waals surface area contributed by atoms with E-state index in [1.54, 1.807) is 12.1 Å². The highest BCUT2D eigenvalue weighted by atomic mass is 19.1. The lowest BCUT2D eigenvalue weighted by Gasteiger charge is -2.08. The Morgan fingerprint density at radius 2 is 1.89 bits per heavy atom. The van der Waals surface area contributed by atoms with Crippen molar-refractivity contribution in [2.24, 2.45) is 5.92 Å². The molecule has 1 amide bonds. The summed E-state index contributed by atoms with van der Waals surface area (Å²) < 4.78 is 12.7. The molecule has 0 atom stereocenters. The van der Waals surface area contributed by atoms with Gasteiger partial charge in [0.25, 0.3) is 0 Å². The summed E-state index contributed by atoms with van der Waals surface area (Å²) in [7, 11) is 0. The third kappa shape index (κ3) is 7.57. The highest BCUT2D eigenvalue weighted by Gasteiger charge is 2.01. The molecule has 1 aromatic rings. The second kappa shape index (κ2) is 8.64. The number of carbonyl (C=O) groups excluding carboxylic acids is 1. The van der Waals surface area contributed by atoms with E-state index < -0.39 is 0 Å². The first-order valence-electron chi connectivity index (χ1n) is 6.80. The normalized spacial score (nSPS) is 10.7. The Labute approximate surface area is 114 Å². The lowest BCUT2D eigenvalue weighted by Crippen LogP contribution is -2.35. The highest BCUT2D eigenvalue weighted by molar-refractivity contribution is 5.77. The molecular weight excluding hydrogens is 243 g/mol. The minimum absolute atomic E-state index is 0.00543. The first-order valence-corrected chi connectivity index (χ1v) is 6.80. The van der Waals surface area contributed by atoms with Crippen LogP contribution in [0.15, 0.2) is 24.3 Å². The average Bonchev–Trinajstić information content (AvgIpc) is 2.37. The third-order valence-corrected chi connectivity index (χ3v) is 2.83. The zero-order valence-electron chi connectivity index (χ0n) is 11.7. The Bertz CT molecular complexity index is 376. The van der Waals surface area contributed by atoms with Gasteiger partial charge in [0.2, 0.25) is 5.91 Å². The third-order valence-electron chi connectivity index (χ3n) is 2.83. The van der Waals surface area contributed by atoms with E-state index in [9.17, 15) is 9.18 Å². The van der Waals surface area contributed by atoms with Crippen LogP contribution < -0.4 is 10.6 Å². The van der Waals surface area contributed by atoms with E-state index in [-0.39, 0.29) is 11.7 Å². The van der Waals surface area contributed by atoms with Gasteiger partial charge in [0.1, 0.15) is 5.82 Å². The smallest absolute Gasteiger partial charge is 0.233 e. The van der Waals surface area contributed by atoms with Crippen molar-refractivity contribution in [1.29, 1.82) is 0 Å². The quantitative estimate of drug-likeness (QED) is 0.708. The Kier molecular flexibility index (Phi) is 7.11. The van der Waals surface area contributed by atoms with E-state index in [0.717, 1.165) is 24.9 Å². The fourth-order valence-electron chi connectivity index (χ4n) is 1.65. The first kappa shape index (κ1) is 15.6. The van der Waals surface area contributed by atoms with Crippen molar-refractivity contribution in [3.8, 4) is 0 Å². The fourth-order valence-corrected chi connectivity index (χ4v) is 1.65. The molecule has 0 radical (unpaired) electrons. The van der Waals surface area contributed by atoms with Crippen LogP contribution in [-0.2, 0) is 11.2 Å². The summed E-state index contributed by atoms with van der Waals surface area (Å²) in [6.07, 6.45) is 1.79. The van der Waals surface area contributed by atoms with Crippen LogP contribution in [-0.4, -0.2) is 25.5 Å². The maximum Gasteiger partial charge on any atom is 0.233 e. The second-order valence-corrected chi connectivity index (χ2v) is 5.09. The van der Waals surface area contributed by atoms with Crippen LogP contribution in [0.2, 0.25) is 0 Å². The van der Waals surface area contributed by atoms with Crippen molar-refractivity contribution in [2.45, 2.75) is 26.7 Å². The monoisotopic (exact) mass is 266 g/mol. The minimum Gasteiger partial charge on any atom is -0.355 e. The largest absolute Gasteiger partial charge is 0.355 e. The van der Waals surface area contributed by atoms with Gasteiger partial charge in [0, 0.05) is 6.54 Å².